The van der Waals surface area contributed by atoms with Crippen molar-refractivity contribution in [3.8, 4) is 0 Å². The minimum Gasteiger partial charge on any atom is -0.342 e. The van der Waals surface area contributed by atoms with Crippen molar-refractivity contribution >= 4 is 35.3 Å². The predicted octanol–water partition coefficient (Wildman–Crippen LogP) is 4.70. The maximum atomic E-state index is 13.9. The molecule has 1 atom stereocenters. The van der Waals surface area contributed by atoms with Gasteiger partial charge < -0.3 is 35.6 Å². The molecule has 3 fully saturated rings. The molecule has 0 bridgehead atoms. The summed E-state index contributed by atoms with van der Waals surface area (Å²) in [6.07, 6.45) is 6.78. The standard InChI is InChI=1S/C36H49N7O4/c1-25-10-11-28(22-26(25)2)37-35(46)38-32(34(45)42-20-12-29(13-21-42)40-16-6-3-7-17-40)23-33(44)41-18-14-30(15-19-41)43-24-27-8-4-5-9-31(27)39-36(43)47/h4-5,8-11,22,29-30,32H,3,6-7,12-21,23-24H2,1-2H3,(H,39,47)(H2,37,38,46)/t32-/m0/s1. The summed E-state index contributed by atoms with van der Waals surface area (Å²) in [6, 6.07) is 12.4. The highest BCUT2D eigenvalue weighted by molar-refractivity contribution is 5.96. The number of carbonyl (C=O) groups excluding carboxylic acids is 4. The maximum absolute atomic E-state index is 13.9. The van der Waals surface area contributed by atoms with Crippen LogP contribution in [0.25, 0.3) is 0 Å². The van der Waals surface area contributed by atoms with Crippen LogP contribution in [0, 0.1) is 13.8 Å². The second-order valence-electron chi connectivity index (χ2n) is 13.6. The second kappa shape index (κ2) is 14.8. The van der Waals surface area contributed by atoms with Gasteiger partial charge in [-0.2, -0.15) is 0 Å². The molecule has 0 aromatic heterocycles. The first-order chi connectivity index (χ1) is 22.7. The SMILES string of the molecule is Cc1ccc(NC(=O)N[C@@H](CC(=O)N2CCC(N3Cc4ccccc4NC3=O)CC2)C(=O)N2CCC(N3CCCCC3)CC2)cc1C. The number of para-hydroxylation sites is 1. The van der Waals surface area contributed by atoms with Crippen LogP contribution in [0.4, 0.5) is 21.0 Å². The summed E-state index contributed by atoms with van der Waals surface area (Å²) in [6.45, 7) is 9.02. The largest absolute Gasteiger partial charge is 0.342 e. The molecule has 2 aromatic rings. The Bertz CT molecular complexity index is 1460. The Morgan fingerprint density at radius 2 is 1.51 bits per heavy atom. The molecule has 0 saturated carbocycles. The third kappa shape index (κ3) is 7.89. The number of benzene rings is 2. The lowest BCUT2D eigenvalue weighted by molar-refractivity contribution is -0.140. The Hall–Kier alpha value is -4.12. The first kappa shape index (κ1) is 32.8. The number of anilines is 2. The summed E-state index contributed by atoms with van der Waals surface area (Å²) >= 11 is 0. The maximum Gasteiger partial charge on any atom is 0.322 e. The summed E-state index contributed by atoms with van der Waals surface area (Å²) in [5.74, 6) is -0.367. The van der Waals surface area contributed by atoms with Crippen LogP contribution in [0.3, 0.4) is 0 Å². The van der Waals surface area contributed by atoms with Crippen LogP contribution < -0.4 is 16.0 Å². The average Bonchev–Trinajstić information content (AvgIpc) is 3.09. The molecule has 11 heteroatoms. The Balaban J connectivity index is 1.07. The average molecular weight is 644 g/mol. The molecule has 11 nitrogen and oxygen atoms in total. The molecule has 0 spiro atoms. The van der Waals surface area contributed by atoms with Crippen molar-refractivity contribution in [3.05, 3.63) is 59.2 Å². The number of hydrogen-bond donors (Lipinski definition) is 3. The van der Waals surface area contributed by atoms with Crippen LogP contribution in [0.15, 0.2) is 42.5 Å². The number of rotatable bonds is 7. The first-order valence-electron chi connectivity index (χ1n) is 17.4. The van der Waals surface area contributed by atoms with Gasteiger partial charge in [0, 0.05) is 56.2 Å². The van der Waals surface area contributed by atoms with E-state index < -0.39 is 12.1 Å². The Morgan fingerprint density at radius 3 is 2.23 bits per heavy atom. The van der Waals surface area contributed by atoms with E-state index in [0.717, 1.165) is 48.3 Å². The molecule has 3 N–H and O–H groups in total. The monoisotopic (exact) mass is 643 g/mol. The number of urea groups is 2. The van der Waals surface area contributed by atoms with E-state index in [2.05, 4.69) is 20.9 Å². The zero-order valence-corrected chi connectivity index (χ0v) is 27.8. The number of nitrogens with one attached hydrogen (secondary N) is 3. The molecule has 6 amide bonds. The predicted molar refractivity (Wildman–Crippen MR) is 182 cm³/mol. The number of carbonyl (C=O) groups is 4. The molecule has 0 aliphatic carbocycles. The van der Waals surface area contributed by atoms with E-state index in [4.69, 9.17) is 0 Å². The lowest BCUT2D eigenvalue weighted by atomic mass is 9.98. The van der Waals surface area contributed by atoms with Crippen molar-refractivity contribution in [1.29, 1.82) is 0 Å². The summed E-state index contributed by atoms with van der Waals surface area (Å²) in [7, 11) is 0. The van der Waals surface area contributed by atoms with Gasteiger partial charge in [-0.15, -0.1) is 0 Å². The third-order valence-electron chi connectivity index (χ3n) is 10.5. The molecular weight excluding hydrogens is 594 g/mol. The number of hydrogen-bond acceptors (Lipinski definition) is 5. The minimum atomic E-state index is -0.970. The molecular formula is C36H49N7O4. The van der Waals surface area contributed by atoms with E-state index in [1.165, 1.54) is 19.3 Å². The van der Waals surface area contributed by atoms with Crippen LogP contribution in [0.5, 0.6) is 0 Å². The molecule has 6 rings (SSSR count). The van der Waals surface area contributed by atoms with Crippen molar-refractivity contribution in [2.24, 2.45) is 0 Å². The van der Waals surface area contributed by atoms with Crippen molar-refractivity contribution in [2.45, 2.75) is 89.9 Å². The van der Waals surface area contributed by atoms with E-state index in [1.807, 2.05) is 66.1 Å². The molecule has 4 aliphatic rings. The normalized spacial score (nSPS) is 20.3. The minimum absolute atomic E-state index is 0.0212. The summed E-state index contributed by atoms with van der Waals surface area (Å²) in [5.41, 5.74) is 4.74. The van der Waals surface area contributed by atoms with Crippen LogP contribution in [-0.2, 0) is 16.1 Å². The van der Waals surface area contributed by atoms with Crippen molar-refractivity contribution in [1.82, 2.24) is 24.9 Å². The van der Waals surface area contributed by atoms with E-state index in [-0.39, 0.29) is 30.3 Å². The topological polar surface area (TPSA) is 117 Å². The van der Waals surface area contributed by atoms with Gasteiger partial charge in [-0.1, -0.05) is 30.7 Å². The van der Waals surface area contributed by atoms with Gasteiger partial charge in [0.2, 0.25) is 11.8 Å². The van der Waals surface area contributed by atoms with Gasteiger partial charge in [-0.05, 0) is 100 Å². The lowest BCUT2D eigenvalue weighted by Gasteiger charge is -2.41. The second-order valence-corrected chi connectivity index (χ2v) is 13.6. The van der Waals surface area contributed by atoms with E-state index in [1.54, 1.807) is 4.90 Å². The van der Waals surface area contributed by atoms with Gasteiger partial charge in [0.05, 0.1) is 6.42 Å². The summed E-state index contributed by atoms with van der Waals surface area (Å²) in [5, 5.41) is 8.70. The quantitative estimate of drug-likeness (QED) is 0.405. The zero-order valence-electron chi connectivity index (χ0n) is 27.8. The zero-order chi connectivity index (χ0) is 32.9. The number of aryl methyl sites for hydroxylation is 2. The van der Waals surface area contributed by atoms with Gasteiger partial charge in [-0.3, -0.25) is 9.59 Å². The van der Waals surface area contributed by atoms with Crippen LogP contribution >= 0.6 is 0 Å². The van der Waals surface area contributed by atoms with Gasteiger partial charge in [0.25, 0.3) is 0 Å². The molecule has 3 saturated heterocycles. The van der Waals surface area contributed by atoms with Crippen molar-refractivity contribution in [3.63, 3.8) is 0 Å². The fourth-order valence-corrected chi connectivity index (χ4v) is 7.55. The van der Waals surface area contributed by atoms with Crippen LogP contribution in [0.1, 0.15) is 68.1 Å². The van der Waals surface area contributed by atoms with Gasteiger partial charge >= 0.3 is 12.1 Å². The fourth-order valence-electron chi connectivity index (χ4n) is 7.55. The summed E-state index contributed by atoms with van der Waals surface area (Å²) in [4.78, 5) is 61.7. The third-order valence-corrected chi connectivity index (χ3v) is 10.5. The molecule has 2 aromatic carbocycles. The molecule has 47 heavy (non-hydrogen) atoms. The highest BCUT2D eigenvalue weighted by Gasteiger charge is 2.36. The van der Waals surface area contributed by atoms with E-state index in [9.17, 15) is 19.2 Å². The van der Waals surface area contributed by atoms with Gasteiger partial charge in [0.1, 0.15) is 6.04 Å². The van der Waals surface area contributed by atoms with Gasteiger partial charge in [0.15, 0.2) is 0 Å². The van der Waals surface area contributed by atoms with E-state index in [0.29, 0.717) is 57.3 Å². The summed E-state index contributed by atoms with van der Waals surface area (Å²) < 4.78 is 0. The highest BCUT2D eigenvalue weighted by Crippen LogP contribution is 2.28. The Morgan fingerprint density at radius 1 is 0.830 bits per heavy atom. The van der Waals surface area contributed by atoms with Gasteiger partial charge in [-0.25, -0.2) is 9.59 Å². The van der Waals surface area contributed by atoms with Crippen molar-refractivity contribution < 1.29 is 19.2 Å². The number of likely N-dealkylation sites (tertiary alicyclic amines) is 3. The number of piperidine rings is 3. The fraction of sp³-hybridized carbons (Fsp3) is 0.556. The molecule has 4 heterocycles. The molecule has 252 valence electrons. The molecule has 4 aliphatic heterocycles. The number of nitrogens with zero attached hydrogens (tertiary/aromatic N) is 4. The first-order valence-corrected chi connectivity index (χ1v) is 17.4. The highest BCUT2D eigenvalue weighted by atomic mass is 16.2. The number of amides is 6. The smallest absolute Gasteiger partial charge is 0.322 e. The Kier molecular flexibility index (Phi) is 10.3. The van der Waals surface area contributed by atoms with E-state index >= 15 is 0 Å². The Labute approximate surface area is 278 Å². The molecule has 0 unspecified atom stereocenters. The number of fused-ring (bicyclic) bond motifs is 1. The lowest BCUT2D eigenvalue weighted by Crippen LogP contribution is -2.56. The van der Waals surface area contributed by atoms with Crippen LogP contribution in [0.2, 0.25) is 0 Å². The van der Waals surface area contributed by atoms with Crippen LogP contribution in [-0.4, -0.2) is 101 Å². The molecule has 0 radical (unpaired) electrons. The van der Waals surface area contributed by atoms with Crippen molar-refractivity contribution in [2.75, 3.05) is 49.9 Å².